The van der Waals surface area contributed by atoms with Gasteiger partial charge < -0.3 is 15.8 Å². The fourth-order valence-corrected chi connectivity index (χ4v) is 2.09. The van der Waals surface area contributed by atoms with Crippen LogP contribution in [0.15, 0.2) is 42.5 Å². The van der Waals surface area contributed by atoms with Crippen LogP contribution in [0.4, 0.5) is 11.4 Å². The first-order valence-corrected chi connectivity index (χ1v) is 6.32. The molecule has 0 saturated heterocycles. The normalized spacial score (nSPS) is 10.0. The molecule has 0 fully saturated rings. The number of methoxy groups -OCH3 is 1. The maximum atomic E-state index is 5.65. The van der Waals surface area contributed by atoms with Crippen LogP contribution in [-0.2, 0) is 0 Å². The summed E-state index contributed by atoms with van der Waals surface area (Å²) < 4.78 is 5.12. The Morgan fingerprint density at radius 1 is 1.11 bits per heavy atom. The Morgan fingerprint density at radius 2 is 1.74 bits per heavy atom. The van der Waals surface area contributed by atoms with Crippen molar-refractivity contribution < 1.29 is 4.74 Å². The Bertz CT molecular complexity index is 594. The molecular weight excluding hydrogens is 256 g/mol. The van der Waals surface area contributed by atoms with E-state index in [0.717, 1.165) is 28.3 Å². The molecule has 0 aliphatic heterocycles. The quantitative estimate of drug-likeness (QED) is 0.838. The largest absolute Gasteiger partial charge is 0.497 e. The van der Waals surface area contributed by atoms with Crippen LogP contribution in [0, 0.1) is 6.92 Å². The van der Waals surface area contributed by atoms with Gasteiger partial charge in [-0.25, -0.2) is 0 Å². The van der Waals surface area contributed by atoms with E-state index in [2.05, 4.69) is 5.32 Å². The van der Waals surface area contributed by atoms with Crippen LogP contribution in [0.5, 0.6) is 5.75 Å². The molecule has 2 aromatic rings. The first-order valence-electron chi connectivity index (χ1n) is 5.91. The number of nitrogens with one attached hydrogen (secondary N) is 1. The van der Waals surface area contributed by atoms with E-state index in [4.69, 9.17) is 22.7 Å². The van der Waals surface area contributed by atoms with E-state index >= 15 is 0 Å². The molecule has 3 N–H and O–H groups in total. The van der Waals surface area contributed by atoms with Crippen LogP contribution >= 0.6 is 12.2 Å². The van der Waals surface area contributed by atoms with Crippen LogP contribution in [0.25, 0.3) is 0 Å². The molecule has 0 unspecified atom stereocenters. The number of aryl methyl sites for hydroxylation is 1. The van der Waals surface area contributed by atoms with Gasteiger partial charge in [0.1, 0.15) is 10.7 Å². The third-order valence-corrected chi connectivity index (χ3v) is 3.09. The molecule has 0 spiro atoms. The molecule has 98 valence electrons. The van der Waals surface area contributed by atoms with Gasteiger partial charge in [-0.15, -0.1) is 0 Å². The van der Waals surface area contributed by atoms with Crippen LogP contribution < -0.4 is 15.8 Å². The maximum Gasteiger partial charge on any atom is 0.119 e. The lowest BCUT2D eigenvalue weighted by atomic mass is 10.1. The van der Waals surface area contributed by atoms with Gasteiger partial charge in [0.25, 0.3) is 0 Å². The maximum absolute atomic E-state index is 5.65. The van der Waals surface area contributed by atoms with E-state index in [1.165, 1.54) is 0 Å². The van der Waals surface area contributed by atoms with Gasteiger partial charge >= 0.3 is 0 Å². The van der Waals surface area contributed by atoms with Gasteiger partial charge in [-0.3, -0.25) is 0 Å². The topological polar surface area (TPSA) is 47.3 Å². The summed E-state index contributed by atoms with van der Waals surface area (Å²) in [6, 6.07) is 13.7. The molecule has 2 rings (SSSR count). The van der Waals surface area contributed by atoms with E-state index in [9.17, 15) is 0 Å². The van der Waals surface area contributed by atoms with Gasteiger partial charge in [0.05, 0.1) is 7.11 Å². The molecule has 19 heavy (non-hydrogen) atoms. The second-order valence-corrected chi connectivity index (χ2v) is 4.69. The Kier molecular flexibility index (Phi) is 4.02. The number of anilines is 2. The van der Waals surface area contributed by atoms with E-state index in [1.807, 2.05) is 49.4 Å². The third-order valence-electron chi connectivity index (χ3n) is 2.87. The number of ether oxygens (including phenoxy) is 1. The van der Waals surface area contributed by atoms with Crippen LogP contribution in [0.2, 0.25) is 0 Å². The van der Waals surface area contributed by atoms with Gasteiger partial charge in [0.2, 0.25) is 0 Å². The molecule has 0 bridgehead atoms. The van der Waals surface area contributed by atoms with E-state index in [1.54, 1.807) is 7.11 Å². The van der Waals surface area contributed by atoms with E-state index < -0.39 is 0 Å². The summed E-state index contributed by atoms with van der Waals surface area (Å²) in [5, 5.41) is 3.32. The Hall–Kier alpha value is -2.07. The van der Waals surface area contributed by atoms with Crippen molar-refractivity contribution in [2.75, 3.05) is 12.4 Å². The molecule has 0 radical (unpaired) electrons. The molecule has 0 aromatic heterocycles. The zero-order valence-electron chi connectivity index (χ0n) is 10.9. The summed E-state index contributed by atoms with van der Waals surface area (Å²) in [5.41, 5.74) is 9.63. The number of nitrogens with two attached hydrogens (primary N) is 1. The minimum Gasteiger partial charge on any atom is -0.497 e. The average Bonchev–Trinajstić information content (AvgIpc) is 2.39. The average molecular weight is 272 g/mol. The van der Waals surface area contributed by atoms with Crippen molar-refractivity contribution in [3.63, 3.8) is 0 Å². The van der Waals surface area contributed by atoms with Gasteiger partial charge in [0.15, 0.2) is 0 Å². The van der Waals surface area contributed by atoms with Crippen molar-refractivity contribution in [1.29, 1.82) is 0 Å². The Morgan fingerprint density at radius 3 is 2.26 bits per heavy atom. The summed E-state index contributed by atoms with van der Waals surface area (Å²) in [7, 11) is 1.65. The molecule has 2 aromatic carbocycles. The van der Waals surface area contributed by atoms with Crippen LogP contribution in [-0.4, -0.2) is 12.1 Å². The van der Waals surface area contributed by atoms with Crippen molar-refractivity contribution in [2.24, 2.45) is 5.73 Å². The number of thiocarbonyl (C=S) groups is 1. The van der Waals surface area contributed by atoms with E-state index in [0.29, 0.717) is 4.99 Å². The number of benzene rings is 2. The summed E-state index contributed by atoms with van der Waals surface area (Å²) in [6.45, 7) is 1.99. The van der Waals surface area contributed by atoms with Gasteiger partial charge in [-0.05, 0) is 55.0 Å². The Labute approximate surface area is 118 Å². The lowest BCUT2D eigenvalue weighted by Gasteiger charge is -2.10. The predicted molar refractivity (Wildman–Crippen MR) is 83.3 cm³/mol. The third kappa shape index (κ3) is 3.23. The van der Waals surface area contributed by atoms with Crippen molar-refractivity contribution in [3.8, 4) is 5.75 Å². The van der Waals surface area contributed by atoms with Gasteiger partial charge in [0, 0.05) is 16.9 Å². The monoisotopic (exact) mass is 272 g/mol. The SMILES string of the molecule is COc1ccc(Nc2ccc(C(N)=S)c(C)c2)cc1. The van der Waals surface area contributed by atoms with Crippen molar-refractivity contribution in [2.45, 2.75) is 6.92 Å². The molecule has 0 aliphatic carbocycles. The number of hydrogen-bond acceptors (Lipinski definition) is 3. The molecule has 0 atom stereocenters. The standard InChI is InChI=1S/C15H16N2OS/c1-10-9-12(5-8-14(10)15(16)19)17-11-3-6-13(18-2)7-4-11/h3-9,17H,1-2H3,(H2,16,19). The summed E-state index contributed by atoms with van der Waals surface area (Å²) >= 11 is 4.99. The minimum absolute atomic E-state index is 0.425. The molecular formula is C15H16N2OS. The molecule has 3 nitrogen and oxygen atoms in total. The highest BCUT2D eigenvalue weighted by Crippen LogP contribution is 2.22. The highest BCUT2D eigenvalue weighted by atomic mass is 32.1. The lowest BCUT2D eigenvalue weighted by Crippen LogP contribution is -2.11. The van der Waals surface area contributed by atoms with Crippen LogP contribution in [0.1, 0.15) is 11.1 Å². The van der Waals surface area contributed by atoms with Crippen molar-refractivity contribution >= 4 is 28.6 Å². The smallest absolute Gasteiger partial charge is 0.119 e. The highest BCUT2D eigenvalue weighted by molar-refractivity contribution is 7.80. The predicted octanol–water partition coefficient (Wildman–Crippen LogP) is 3.38. The molecule has 0 heterocycles. The van der Waals surface area contributed by atoms with Crippen molar-refractivity contribution in [1.82, 2.24) is 0 Å². The highest BCUT2D eigenvalue weighted by Gasteiger charge is 2.03. The van der Waals surface area contributed by atoms with Crippen molar-refractivity contribution in [3.05, 3.63) is 53.6 Å². The summed E-state index contributed by atoms with van der Waals surface area (Å²) in [6.07, 6.45) is 0. The number of hydrogen-bond donors (Lipinski definition) is 2. The first-order chi connectivity index (χ1) is 9.10. The fraction of sp³-hybridized carbons (Fsp3) is 0.133. The molecule has 0 aliphatic rings. The minimum atomic E-state index is 0.425. The van der Waals surface area contributed by atoms with Gasteiger partial charge in [-0.1, -0.05) is 12.2 Å². The van der Waals surface area contributed by atoms with Crippen LogP contribution in [0.3, 0.4) is 0 Å². The summed E-state index contributed by atoms with van der Waals surface area (Å²) in [4.78, 5) is 0.425. The lowest BCUT2D eigenvalue weighted by molar-refractivity contribution is 0.415. The van der Waals surface area contributed by atoms with E-state index in [-0.39, 0.29) is 0 Å². The number of rotatable bonds is 4. The molecule has 4 heteroatoms. The Balaban J connectivity index is 2.18. The second kappa shape index (κ2) is 5.71. The summed E-state index contributed by atoms with van der Waals surface area (Å²) in [5.74, 6) is 0.838. The first kappa shape index (κ1) is 13.4. The molecule has 0 saturated carbocycles. The van der Waals surface area contributed by atoms with Gasteiger partial charge in [-0.2, -0.15) is 0 Å². The zero-order valence-corrected chi connectivity index (χ0v) is 11.8. The fourth-order valence-electron chi connectivity index (χ4n) is 1.86. The molecule has 0 amide bonds. The zero-order chi connectivity index (χ0) is 13.8. The second-order valence-electron chi connectivity index (χ2n) is 4.25.